The quantitative estimate of drug-likeness (QED) is 0.868. The maximum absolute atomic E-state index is 12.9. The van der Waals surface area contributed by atoms with Crippen LogP contribution in [0.3, 0.4) is 0 Å². The van der Waals surface area contributed by atoms with Gasteiger partial charge in [0.25, 0.3) is 10.0 Å². The van der Waals surface area contributed by atoms with Crippen molar-refractivity contribution >= 4 is 21.4 Å². The molecule has 2 aromatic carbocycles. The van der Waals surface area contributed by atoms with Crippen molar-refractivity contribution in [2.45, 2.75) is 24.7 Å². The Labute approximate surface area is 125 Å². The van der Waals surface area contributed by atoms with Crippen LogP contribution in [0.1, 0.15) is 17.5 Å². The largest absolute Gasteiger partial charge is 0.399 e. The van der Waals surface area contributed by atoms with Gasteiger partial charge in [0, 0.05) is 12.2 Å². The average molecular weight is 302 g/mol. The molecule has 0 saturated heterocycles. The molecule has 0 unspecified atom stereocenters. The van der Waals surface area contributed by atoms with E-state index < -0.39 is 10.0 Å². The van der Waals surface area contributed by atoms with Crippen LogP contribution in [0, 0.1) is 6.92 Å². The van der Waals surface area contributed by atoms with Gasteiger partial charge in [0.2, 0.25) is 0 Å². The lowest BCUT2D eigenvalue weighted by atomic mass is 10.0. The van der Waals surface area contributed by atoms with Crippen molar-refractivity contribution in [2.24, 2.45) is 0 Å². The standard InChI is InChI=1S/C16H18N2O2S/c1-12-11-14(8-9-15(12)17)21(19,20)18-10-4-6-13-5-2-3-7-16(13)18/h2-3,5,7-9,11H,4,6,10,17H2,1H3. The van der Waals surface area contributed by atoms with E-state index in [1.165, 1.54) is 4.31 Å². The van der Waals surface area contributed by atoms with Crippen LogP contribution in [-0.4, -0.2) is 15.0 Å². The molecule has 0 saturated carbocycles. The summed E-state index contributed by atoms with van der Waals surface area (Å²) < 4.78 is 27.3. The van der Waals surface area contributed by atoms with Gasteiger partial charge in [-0.3, -0.25) is 4.31 Å². The molecule has 0 bridgehead atoms. The number of aryl methyl sites for hydroxylation is 2. The molecule has 2 N–H and O–H groups in total. The molecule has 2 aromatic rings. The van der Waals surface area contributed by atoms with Crippen LogP contribution in [-0.2, 0) is 16.4 Å². The van der Waals surface area contributed by atoms with E-state index in [1.807, 2.05) is 31.2 Å². The van der Waals surface area contributed by atoms with Gasteiger partial charge in [-0.15, -0.1) is 0 Å². The van der Waals surface area contributed by atoms with Crippen molar-refractivity contribution in [3.63, 3.8) is 0 Å². The van der Waals surface area contributed by atoms with Gasteiger partial charge >= 0.3 is 0 Å². The number of fused-ring (bicyclic) bond motifs is 1. The molecule has 0 atom stereocenters. The molecule has 1 heterocycles. The molecular formula is C16H18N2O2S. The van der Waals surface area contributed by atoms with E-state index in [1.54, 1.807) is 18.2 Å². The normalized spacial score (nSPS) is 14.8. The number of benzene rings is 2. The highest BCUT2D eigenvalue weighted by Crippen LogP contribution is 2.32. The first-order valence-corrected chi connectivity index (χ1v) is 8.41. The van der Waals surface area contributed by atoms with Crippen molar-refractivity contribution in [1.82, 2.24) is 0 Å². The highest BCUT2D eigenvalue weighted by molar-refractivity contribution is 7.92. The molecule has 0 amide bonds. The van der Waals surface area contributed by atoms with E-state index in [0.29, 0.717) is 17.1 Å². The van der Waals surface area contributed by atoms with Crippen LogP contribution in [0.4, 0.5) is 11.4 Å². The van der Waals surface area contributed by atoms with Gasteiger partial charge in [0.1, 0.15) is 0 Å². The van der Waals surface area contributed by atoms with Crippen LogP contribution in [0.25, 0.3) is 0 Å². The molecule has 110 valence electrons. The summed E-state index contributed by atoms with van der Waals surface area (Å²) in [7, 11) is -3.54. The van der Waals surface area contributed by atoms with Crippen LogP contribution in [0.5, 0.6) is 0 Å². The molecule has 1 aliphatic rings. The lowest BCUT2D eigenvalue weighted by Gasteiger charge is -2.30. The van der Waals surface area contributed by atoms with Crippen LogP contribution >= 0.6 is 0 Å². The van der Waals surface area contributed by atoms with Crippen molar-refractivity contribution < 1.29 is 8.42 Å². The molecule has 3 rings (SSSR count). The zero-order chi connectivity index (χ0) is 15.0. The van der Waals surface area contributed by atoms with Gasteiger partial charge in [-0.2, -0.15) is 0 Å². The first-order chi connectivity index (χ1) is 10.00. The van der Waals surface area contributed by atoms with Gasteiger partial charge in [0.15, 0.2) is 0 Å². The molecule has 1 aliphatic heterocycles. The molecule has 0 aliphatic carbocycles. The lowest BCUT2D eigenvalue weighted by Crippen LogP contribution is -2.35. The minimum atomic E-state index is -3.54. The molecule has 21 heavy (non-hydrogen) atoms. The molecular weight excluding hydrogens is 284 g/mol. The maximum Gasteiger partial charge on any atom is 0.264 e. The third-order valence-electron chi connectivity index (χ3n) is 3.90. The number of nitrogens with two attached hydrogens (primary N) is 1. The number of rotatable bonds is 2. The Morgan fingerprint density at radius 1 is 1.14 bits per heavy atom. The third-order valence-corrected chi connectivity index (χ3v) is 5.71. The number of anilines is 2. The van der Waals surface area contributed by atoms with Gasteiger partial charge in [-0.1, -0.05) is 18.2 Å². The van der Waals surface area contributed by atoms with Crippen molar-refractivity contribution in [1.29, 1.82) is 0 Å². The second-order valence-electron chi connectivity index (χ2n) is 5.33. The molecule has 0 fully saturated rings. The highest BCUT2D eigenvalue weighted by Gasteiger charge is 2.28. The lowest BCUT2D eigenvalue weighted by molar-refractivity contribution is 0.586. The summed E-state index contributed by atoms with van der Waals surface area (Å²) in [6.45, 7) is 2.33. The number of sulfonamides is 1. The highest BCUT2D eigenvalue weighted by atomic mass is 32.2. The summed E-state index contributed by atoms with van der Waals surface area (Å²) in [6.07, 6.45) is 1.76. The zero-order valence-corrected chi connectivity index (χ0v) is 12.7. The number of para-hydroxylation sites is 1. The van der Waals surface area contributed by atoms with E-state index in [2.05, 4.69) is 0 Å². The molecule has 0 radical (unpaired) electrons. The summed E-state index contributed by atoms with van der Waals surface area (Å²) in [5.41, 5.74) is 9.04. The number of nitrogens with zero attached hydrogens (tertiary/aromatic N) is 1. The molecule has 0 aromatic heterocycles. The molecule has 5 heteroatoms. The average Bonchev–Trinajstić information content (AvgIpc) is 2.49. The summed E-state index contributed by atoms with van der Waals surface area (Å²) >= 11 is 0. The summed E-state index contributed by atoms with van der Waals surface area (Å²) in [4.78, 5) is 0.297. The van der Waals surface area contributed by atoms with Gasteiger partial charge in [0.05, 0.1) is 10.6 Å². The smallest absolute Gasteiger partial charge is 0.264 e. The summed E-state index contributed by atoms with van der Waals surface area (Å²) in [5, 5.41) is 0. The fourth-order valence-corrected chi connectivity index (χ4v) is 4.31. The summed E-state index contributed by atoms with van der Waals surface area (Å²) in [6, 6.07) is 12.6. The van der Waals surface area contributed by atoms with E-state index in [0.717, 1.165) is 29.7 Å². The second kappa shape index (κ2) is 5.07. The minimum absolute atomic E-state index is 0.297. The monoisotopic (exact) mass is 302 g/mol. The first-order valence-electron chi connectivity index (χ1n) is 6.97. The number of nitrogen functional groups attached to an aromatic ring is 1. The predicted octanol–water partition coefficient (Wildman–Crippen LogP) is 2.72. The van der Waals surface area contributed by atoms with Crippen LogP contribution in [0.15, 0.2) is 47.4 Å². The molecule has 0 spiro atoms. The third kappa shape index (κ3) is 2.38. The van der Waals surface area contributed by atoms with E-state index in [-0.39, 0.29) is 0 Å². The Morgan fingerprint density at radius 3 is 2.67 bits per heavy atom. The SMILES string of the molecule is Cc1cc(S(=O)(=O)N2CCCc3ccccc32)ccc1N. The van der Waals surface area contributed by atoms with Crippen molar-refractivity contribution in [2.75, 3.05) is 16.6 Å². The van der Waals surface area contributed by atoms with E-state index in [4.69, 9.17) is 5.73 Å². The van der Waals surface area contributed by atoms with Crippen LogP contribution in [0.2, 0.25) is 0 Å². The number of hydrogen-bond donors (Lipinski definition) is 1. The summed E-state index contributed by atoms with van der Waals surface area (Å²) in [5.74, 6) is 0. The van der Waals surface area contributed by atoms with Crippen LogP contribution < -0.4 is 10.0 Å². The Balaban J connectivity index is 2.09. The van der Waals surface area contributed by atoms with Crippen molar-refractivity contribution in [3.8, 4) is 0 Å². The Hall–Kier alpha value is -2.01. The fraction of sp³-hybridized carbons (Fsp3) is 0.250. The van der Waals surface area contributed by atoms with E-state index >= 15 is 0 Å². The first kappa shape index (κ1) is 13.9. The van der Waals surface area contributed by atoms with E-state index in [9.17, 15) is 8.42 Å². The zero-order valence-electron chi connectivity index (χ0n) is 11.9. The maximum atomic E-state index is 12.9. The van der Waals surface area contributed by atoms with Gasteiger partial charge in [-0.05, 0) is 55.2 Å². The van der Waals surface area contributed by atoms with Gasteiger partial charge < -0.3 is 5.73 Å². The van der Waals surface area contributed by atoms with Gasteiger partial charge in [-0.25, -0.2) is 8.42 Å². The van der Waals surface area contributed by atoms with Crippen molar-refractivity contribution in [3.05, 3.63) is 53.6 Å². The Kier molecular flexibility index (Phi) is 3.37. The Morgan fingerprint density at radius 2 is 1.90 bits per heavy atom. The predicted molar refractivity (Wildman–Crippen MR) is 84.9 cm³/mol. The second-order valence-corrected chi connectivity index (χ2v) is 7.19. The topological polar surface area (TPSA) is 63.4 Å². The molecule has 4 nitrogen and oxygen atoms in total. The Bertz CT molecular complexity index is 785. The number of hydrogen-bond acceptors (Lipinski definition) is 3. The fourth-order valence-electron chi connectivity index (χ4n) is 2.68. The minimum Gasteiger partial charge on any atom is -0.399 e.